The topological polar surface area (TPSA) is 30.5 Å². The number of ether oxygens (including phenoxy) is 2. The number of rotatable bonds is 3. The van der Waals surface area contributed by atoms with Gasteiger partial charge in [0.1, 0.15) is 6.79 Å². The number of anilines is 1. The van der Waals surface area contributed by atoms with Gasteiger partial charge >= 0.3 is 0 Å². The fourth-order valence-electron chi connectivity index (χ4n) is 1.52. The third-order valence-electron chi connectivity index (χ3n) is 2.42. The Hall–Kier alpha value is -0.290. The Kier molecular flexibility index (Phi) is 4.46. The van der Waals surface area contributed by atoms with Gasteiger partial charge in [-0.25, -0.2) is 0 Å². The molecular formula is C11H13BrClNO2. The minimum Gasteiger partial charge on any atom is -0.381 e. The van der Waals surface area contributed by atoms with Gasteiger partial charge in [-0.15, -0.1) is 0 Å². The number of hydrogen-bond donors (Lipinski definition) is 1. The van der Waals surface area contributed by atoms with Crippen LogP contribution in [0, 0.1) is 0 Å². The summed E-state index contributed by atoms with van der Waals surface area (Å²) in [6.07, 6.45) is 1.12. The van der Waals surface area contributed by atoms with Crippen LogP contribution in [0.5, 0.6) is 0 Å². The van der Waals surface area contributed by atoms with Gasteiger partial charge in [-0.1, -0.05) is 27.5 Å². The standard InChI is InChI=1S/C11H13BrClNO2/c12-8-1-2-11(10(13)5-8)14-6-9-3-4-15-7-16-9/h1-2,5,9,14H,3-4,6-7H2. The van der Waals surface area contributed by atoms with E-state index in [0.717, 1.165) is 29.7 Å². The first-order valence-corrected chi connectivity index (χ1v) is 6.31. The molecule has 1 N–H and O–H groups in total. The molecule has 1 aromatic carbocycles. The highest BCUT2D eigenvalue weighted by Gasteiger charge is 2.14. The molecule has 2 rings (SSSR count). The summed E-state index contributed by atoms with van der Waals surface area (Å²) in [4.78, 5) is 0. The van der Waals surface area contributed by atoms with Gasteiger partial charge in [0.2, 0.25) is 0 Å². The van der Waals surface area contributed by atoms with Crippen molar-refractivity contribution in [3.05, 3.63) is 27.7 Å². The van der Waals surface area contributed by atoms with Gasteiger partial charge in [-0.05, 0) is 24.6 Å². The second-order valence-corrected chi connectivity index (χ2v) is 4.93. The van der Waals surface area contributed by atoms with Crippen molar-refractivity contribution in [2.45, 2.75) is 12.5 Å². The summed E-state index contributed by atoms with van der Waals surface area (Å²) < 4.78 is 11.5. The molecule has 1 aromatic rings. The summed E-state index contributed by atoms with van der Waals surface area (Å²) in [6, 6.07) is 5.78. The summed E-state index contributed by atoms with van der Waals surface area (Å²) in [7, 11) is 0. The molecule has 0 radical (unpaired) electrons. The van der Waals surface area contributed by atoms with Crippen molar-refractivity contribution in [3.8, 4) is 0 Å². The van der Waals surface area contributed by atoms with E-state index < -0.39 is 0 Å². The average Bonchev–Trinajstić information content (AvgIpc) is 2.29. The molecule has 88 valence electrons. The maximum absolute atomic E-state index is 6.09. The highest BCUT2D eigenvalue weighted by atomic mass is 79.9. The predicted molar refractivity (Wildman–Crippen MR) is 68.0 cm³/mol. The molecule has 0 amide bonds. The highest BCUT2D eigenvalue weighted by molar-refractivity contribution is 9.10. The van der Waals surface area contributed by atoms with Gasteiger partial charge in [0.15, 0.2) is 0 Å². The van der Waals surface area contributed by atoms with E-state index in [1.807, 2.05) is 18.2 Å². The third kappa shape index (κ3) is 3.35. The van der Waals surface area contributed by atoms with Crippen LogP contribution in [-0.4, -0.2) is 26.0 Å². The fraction of sp³-hybridized carbons (Fsp3) is 0.455. The van der Waals surface area contributed by atoms with Crippen LogP contribution in [0.15, 0.2) is 22.7 Å². The Morgan fingerprint density at radius 2 is 2.38 bits per heavy atom. The average molecular weight is 307 g/mol. The van der Waals surface area contributed by atoms with E-state index >= 15 is 0 Å². The van der Waals surface area contributed by atoms with Crippen LogP contribution in [0.25, 0.3) is 0 Å². The molecule has 1 aliphatic rings. The monoisotopic (exact) mass is 305 g/mol. The van der Waals surface area contributed by atoms with Crippen LogP contribution in [0.4, 0.5) is 5.69 Å². The van der Waals surface area contributed by atoms with E-state index in [2.05, 4.69) is 21.2 Å². The largest absolute Gasteiger partial charge is 0.381 e. The Bertz CT molecular complexity index is 356. The molecule has 1 unspecified atom stereocenters. The minimum atomic E-state index is 0.202. The molecule has 1 heterocycles. The van der Waals surface area contributed by atoms with E-state index in [0.29, 0.717) is 11.8 Å². The Balaban J connectivity index is 1.88. The van der Waals surface area contributed by atoms with E-state index in [1.165, 1.54) is 0 Å². The second kappa shape index (κ2) is 5.87. The molecule has 1 atom stereocenters. The Morgan fingerprint density at radius 3 is 3.06 bits per heavy atom. The SMILES string of the molecule is Clc1cc(Br)ccc1NCC1CCOCO1. The van der Waals surface area contributed by atoms with E-state index in [9.17, 15) is 0 Å². The lowest BCUT2D eigenvalue weighted by Gasteiger charge is -2.23. The van der Waals surface area contributed by atoms with Gasteiger partial charge in [0, 0.05) is 11.0 Å². The zero-order valence-electron chi connectivity index (χ0n) is 8.71. The zero-order chi connectivity index (χ0) is 11.4. The van der Waals surface area contributed by atoms with Crippen molar-refractivity contribution < 1.29 is 9.47 Å². The Labute approximate surface area is 108 Å². The quantitative estimate of drug-likeness (QED) is 0.929. The van der Waals surface area contributed by atoms with Gasteiger partial charge in [0.05, 0.1) is 23.4 Å². The molecule has 0 spiro atoms. The van der Waals surface area contributed by atoms with Crippen molar-refractivity contribution in [3.63, 3.8) is 0 Å². The van der Waals surface area contributed by atoms with Crippen molar-refractivity contribution in [2.75, 3.05) is 25.3 Å². The maximum Gasteiger partial charge on any atom is 0.147 e. The molecule has 0 saturated carbocycles. The smallest absolute Gasteiger partial charge is 0.147 e. The summed E-state index contributed by atoms with van der Waals surface area (Å²) in [5.41, 5.74) is 0.931. The number of halogens is 2. The van der Waals surface area contributed by atoms with E-state index in [-0.39, 0.29) is 6.10 Å². The van der Waals surface area contributed by atoms with Crippen LogP contribution in [0.1, 0.15) is 6.42 Å². The molecule has 0 aromatic heterocycles. The van der Waals surface area contributed by atoms with Crippen LogP contribution in [0.3, 0.4) is 0 Å². The minimum absolute atomic E-state index is 0.202. The van der Waals surface area contributed by atoms with Crippen molar-refractivity contribution in [2.24, 2.45) is 0 Å². The molecule has 3 nitrogen and oxygen atoms in total. The first-order valence-electron chi connectivity index (χ1n) is 5.14. The second-order valence-electron chi connectivity index (χ2n) is 3.61. The Morgan fingerprint density at radius 1 is 1.50 bits per heavy atom. The number of nitrogens with one attached hydrogen (secondary N) is 1. The summed E-state index contributed by atoms with van der Waals surface area (Å²) in [6.45, 7) is 1.91. The van der Waals surface area contributed by atoms with Gasteiger partial charge in [0.25, 0.3) is 0 Å². The first kappa shape index (κ1) is 12.2. The molecule has 0 bridgehead atoms. The van der Waals surface area contributed by atoms with Crippen molar-refractivity contribution in [1.29, 1.82) is 0 Å². The lowest BCUT2D eigenvalue weighted by atomic mass is 10.2. The van der Waals surface area contributed by atoms with Gasteiger partial charge in [-0.3, -0.25) is 0 Å². The number of benzene rings is 1. The molecular weight excluding hydrogens is 293 g/mol. The fourth-order valence-corrected chi connectivity index (χ4v) is 2.26. The summed E-state index contributed by atoms with van der Waals surface area (Å²) in [5, 5.41) is 3.99. The predicted octanol–water partition coefficient (Wildman–Crippen LogP) is 3.28. The van der Waals surface area contributed by atoms with Crippen LogP contribution >= 0.6 is 27.5 Å². The lowest BCUT2D eigenvalue weighted by Crippen LogP contribution is -2.30. The van der Waals surface area contributed by atoms with Gasteiger partial charge in [-0.2, -0.15) is 0 Å². The molecule has 1 aliphatic heterocycles. The highest BCUT2D eigenvalue weighted by Crippen LogP contribution is 2.25. The van der Waals surface area contributed by atoms with E-state index in [1.54, 1.807) is 0 Å². The summed E-state index contributed by atoms with van der Waals surface area (Å²) >= 11 is 9.46. The lowest BCUT2D eigenvalue weighted by molar-refractivity contribution is -0.133. The first-order chi connectivity index (χ1) is 7.75. The number of hydrogen-bond acceptors (Lipinski definition) is 3. The molecule has 1 saturated heterocycles. The normalized spacial score (nSPS) is 20.8. The van der Waals surface area contributed by atoms with Crippen LogP contribution in [-0.2, 0) is 9.47 Å². The van der Waals surface area contributed by atoms with Crippen molar-refractivity contribution in [1.82, 2.24) is 0 Å². The summed E-state index contributed by atoms with van der Waals surface area (Å²) in [5.74, 6) is 0. The van der Waals surface area contributed by atoms with Gasteiger partial charge < -0.3 is 14.8 Å². The molecule has 1 fully saturated rings. The molecule has 16 heavy (non-hydrogen) atoms. The van der Waals surface area contributed by atoms with E-state index in [4.69, 9.17) is 21.1 Å². The molecule has 0 aliphatic carbocycles. The molecule has 5 heteroatoms. The van der Waals surface area contributed by atoms with Crippen LogP contribution in [0.2, 0.25) is 5.02 Å². The zero-order valence-corrected chi connectivity index (χ0v) is 11.1. The van der Waals surface area contributed by atoms with Crippen molar-refractivity contribution >= 4 is 33.2 Å². The third-order valence-corrected chi connectivity index (χ3v) is 3.23. The maximum atomic E-state index is 6.09. The van der Waals surface area contributed by atoms with Crippen LogP contribution < -0.4 is 5.32 Å².